The summed E-state index contributed by atoms with van der Waals surface area (Å²) in [6.07, 6.45) is 2.39. The first-order valence-electron chi connectivity index (χ1n) is 7.24. The maximum absolute atomic E-state index is 13.8. The van der Waals surface area contributed by atoms with Gasteiger partial charge in [0.15, 0.2) is 0 Å². The molecule has 1 aliphatic carbocycles. The number of aromatic nitrogens is 2. The molecule has 1 fully saturated rings. The summed E-state index contributed by atoms with van der Waals surface area (Å²) < 4.78 is 29.6. The summed E-state index contributed by atoms with van der Waals surface area (Å²) in [5.74, 6) is -3.17. The lowest BCUT2D eigenvalue weighted by Gasteiger charge is -2.37. The molecule has 21 heavy (non-hydrogen) atoms. The molecule has 1 aromatic heterocycles. The van der Waals surface area contributed by atoms with Gasteiger partial charge < -0.3 is 9.67 Å². The zero-order valence-electron chi connectivity index (χ0n) is 11.4. The minimum atomic E-state index is -2.69. The Labute approximate surface area is 121 Å². The van der Waals surface area contributed by atoms with E-state index in [4.69, 9.17) is 0 Å². The number of fused-ring (bicyclic) bond motifs is 3. The minimum absolute atomic E-state index is 0.153. The maximum atomic E-state index is 13.8. The summed E-state index contributed by atoms with van der Waals surface area (Å²) in [6.45, 7) is 0. The van der Waals surface area contributed by atoms with Crippen LogP contribution in [0.15, 0.2) is 36.8 Å². The summed E-state index contributed by atoms with van der Waals surface area (Å²) in [5, 5.41) is 10.3. The molecule has 2 heterocycles. The summed E-state index contributed by atoms with van der Waals surface area (Å²) in [5.41, 5.74) is 2.98. The Hall–Kier alpha value is -1.75. The first-order chi connectivity index (χ1) is 10.1. The molecular formula is C16H16F2N2O. The second kappa shape index (κ2) is 4.37. The third-order valence-electron chi connectivity index (χ3n) is 4.76. The van der Waals surface area contributed by atoms with Crippen molar-refractivity contribution in [2.24, 2.45) is 5.92 Å². The normalized spacial score (nSPS) is 30.0. The number of imidazole rings is 1. The molecule has 110 valence electrons. The van der Waals surface area contributed by atoms with E-state index in [0.717, 1.165) is 16.8 Å². The highest BCUT2D eigenvalue weighted by atomic mass is 19.3. The van der Waals surface area contributed by atoms with E-state index in [0.29, 0.717) is 0 Å². The number of aliphatic hydroxyl groups is 1. The van der Waals surface area contributed by atoms with Gasteiger partial charge in [-0.3, -0.25) is 0 Å². The Morgan fingerprint density at radius 3 is 2.95 bits per heavy atom. The quantitative estimate of drug-likeness (QED) is 0.875. The van der Waals surface area contributed by atoms with Crippen LogP contribution >= 0.6 is 0 Å². The number of aliphatic hydroxyl groups excluding tert-OH is 1. The van der Waals surface area contributed by atoms with E-state index in [1.807, 2.05) is 28.8 Å². The van der Waals surface area contributed by atoms with E-state index < -0.39 is 17.9 Å². The molecule has 2 aliphatic rings. The first-order valence-corrected chi connectivity index (χ1v) is 7.24. The molecule has 5 heteroatoms. The third kappa shape index (κ3) is 1.91. The molecule has 0 amide bonds. The molecule has 4 rings (SSSR count). The lowest BCUT2D eigenvalue weighted by molar-refractivity contribution is -0.0990. The largest absolute Gasteiger partial charge is 0.393 e. The van der Waals surface area contributed by atoms with E-state index in [2.05, 4.69) is 4.98 Å². The van der Waals surface area contributed by atoms with Gasteiger partial charge in [0, 0.05) is 24.3 Å². The average Bonchev–Trinajstić information content (AvgIpc) is 3.02. The molecule has 0 bridgehead atoms. The Morgan fingerprint density at radius 2 is 2.10 bits per heavy atom. The second-order valence-electron chi connectivity index (χ2n) is 6.05. The molecule has 1 saturated carbocycles. The maximum Gasteiger partial charge on any atom is 0.248 e. The Morgan fingerprint density at radius 1 is 1.29 bits per heavy atom. The predicted octanol–water partition coefficient (Wildman–Crippen LogP) is 3.25. The van der Waals surface area contributed by atoms with Crippen molar-refractivity contribution in [3.63, 3.8) is 0 Å². The molecule has 3 nitrogen and oxygen atoms in total. The molecule has 2 aromatic rings. The number of hydrogen-bond acceptors (Lipinski definition) is 2. The van der Waals surface area contributed by atoms with Gasteiger partial charge >= 0.3 is 0 Å². The summed E-state index contributed by atoms with van der Waals surface area (Å²) in [4.78, 5) is 4.14. The van der Waals surface area contributed by atoms with Crippen LogP contribution in [0.25, 0.3) is 11.3 Å². The zero-order chi connectivity index (χ0) is 14.6. The highest BCUT2D eigenvalue weighted by molar-refractivity contribution is 5.69. The van der Waals surface area contributed by atoms with Crippen LogP contribution in [0.5, 0.6) is 0 Å². The van der Waals surface area contributed by atoms with Crippen molar-refractivity contribution in [3.8, 4) is 11.3 Å². The Balaban J connectivity index is 1.82. The highest BCUT2D eigenvalue weighted by Crippen LogP contribution is 2.49. The van der Waals surface area contributed by atoms with Crippen LogP contribution in [0.1, 0.15) is 30.9 Å². The minimum Gasteiger partial charge on any atom is -0.393 e. The van der Waals surface area contributed by atoms with Crippen molar-refractivity contribution in [3.05, 3.63) is 42.4 Å². The fraction of sp³-hybridized carbons (Fsp3) is 0.438. The smallest absolute Gasteiger partial charge is 0.248 e. The lowest BCUT2D eigenvalue weighted by Crippen LogP contribution is -2.40. The van der Waals surface area contributed by atoms with E-state index >= 15 is 0 Å². The number of nitrogens with zero attached hydrogens (tertiary/aromatic N) is 2. The Kier molecular flexibility index (Phi) is 2.70. The molecule has 3 atom stereocenters. The molecule has 1 aromatic carbocycles. The van der Waals surface area contributed by atoms with Gasteiger partial charge in [-0.15, -0.1) is 0 Å². The average molecular weight is 290 g/mol. The van der Waals surface area contributed by atoms with Crippen molar-refractivity contribution >= 4 is 0 Å². The van der Waals surface area contributed by atoms with Crippen molar-refractivity contribution in [2.75, 3.05) is 0 Å². The van der Waals surface area contributed by atoms with E-state index in [9.17, 15) is 13.9 Å². The van der Waals surface area contributed by atoms with Crippen LogP contribution in [-0.4, -0.2) is 26.7 Å². The van der Waals surface area contributed by atoms with Crippen LogP contribution < -0.4 is 0 Å². The third-order valence-corrected chi connectivity index (χ3v) is 4.76. The van der Waals surface area contributed by atoms with Gasteiger partial charge in [-0.2, -0.15) is 0 Å². The fourth-order valence-corrected chi connectivity index (χ4v) is 3.79. The zero-order valence-corrected chi connectivity index (χ0v) is 11.4. The van der Waals surface area contributed by atoms with Crippen molar-refractivity contribution in [2.45, 2.75) is 37.3 Å². The predicted molar refractivity (Wildman–Crippen MR) is 74.1 cm³/mol. The topological polar surface area (TPSA) is 38.1 Å². The molecular weight excluding hydrogens is 274 g/mol. The van der Waals surface area contributed by atoms with Crippen LogP contribution in [0, 0.1) is 5.92 Å². The molecule has 1 aliphatic heterocycles. The molecule has 1 unspecified atom stereocenters. The van der Waals surface area contributed by atoms with Crippen molar-refractivity contribution < 1.29 is 13.9 Å². The molecule has 0 spiro atoms. The SMILES string of the molecule is O[C@@H]1CCC(F)(F)C[C@H]1C1c2ccccc2-c2cncn21. The summed E-state index contributed by atoms with van der Waals surface area (Å²) in [6, 6.07) is 7.55. The first kappa shape index (κ1) is 13.0. The van der Waals surface area contributed by atoms with E-state index in [-0.39, 0.29) is 25.3 Å². The monoisotopic (exact) mass is 290 g/mol. The van der Waals surface area contributed by atoms with Crippen LogP contribution in [0.3, 0.4) is 0 Å². The number of rotatable bonds is 1. The van der Waals surface area contributed by atoms with Crippen LogP contribution in [-0.2, 0) is 0 Å². The summed E-state index contributed by atoms with van der Waals surface area (Å²) in [7, 11) is 0. The second-order valence-corrected chi connectivity index (χ2v) is 6.05. The number of halogens is 2. The van der Waals surface area contributed by atoms with Gasteiger partial charge in [-0.25, -0.2) is 13.8 Å². The summed E-state index contributed by atoms with van der Waals surface area (Å²) >= 11 is 0. The van der Waals surface area contributed by atoms with E-state index in [1.54, 1.807) is 12.5 Å². The number of hydrogen-bond donors (Lipinski definition) is 1. The molecule has 0 radical (unpaired) electrons. The van der Waals surface area contributed by atoms with Gasteiger partial charge in [-0.05, 0) is 12.0 Å². The number of alkyl halides is 2. The fourth-order valence-electron chi connectivity index (χ4n) is 3.79. The standard InChI is InChI=1S/C16H16F2N2O/c17-16(18)6-5-14(21)12(7-16)15-11-4-2-1-3-10(11)13-8-19-9-20(13)15/h1-4,8-9,12,14-15,21H,5-7H2/t12-,14-,15?/m1/s1. The van der Waals surface area contributed by atoms with Gasteiger partial charge in [-0.1, -0.05) is 24.3 Å². The van der Waals surface area contributed by atoms with Crippen LogP contribution in [0.4, 0.5) is 8.78 Å². The van der Waals surface area contributed by atoms with Crippen molar-refractivity contribution in [1.82, 2.24) is 9.55 Å². The van der Waals surface area contributed by atoms with Gasteiger partial charge in [0.2, 0.25) is 5.92 Å². The number of benzene rings is 1. The molecule has 0 saturated heterocycles. The van der Waals surface area contributed by atoms with E-state index in [1.165, 1.54) is 0 Å². The van der Waals surface area contributed by atoms with Crippen LogP contribution in [0.2, 0.25) is 0 Å². The van der Waals surface area contributed by atoms with Gasteiger partial charge in [0.1, 0.15) is 0 Å². The van der Waals surface area contributed by atoms with Gasteiger partial charge in [0.05, 0.1) is 30.4 Å². The highest BCUT2D eigenvalue weighted by Gasteiger charge is 2.47. The van der Waals surface area contributed by atoms with Gasteiger partial charge in [0.25, 0.3) is 0 Å². The van der Waals surface area contributed by atoms with Crippen molar-refractivity contribution in [1.29, 1.82) is 0 Å². The lowest BCUT2D eigenvalue weighted by atomic mass is 9.77. The molecule has 1 N–H and O–H groups in total. The Bertz CT molecular complexity index is 682.